The lowest BCUT2D eigenvalue weighted by atomic mass is 9.82. The van der Waals surface area contributed by atoms with Crippen LogP contribution in [0.15, 0.2) is 89.9 Å². The van der Waals surface area contributed by atoms with Crippen molar-refractivity contribution >= 4 is 11.8 Å². The van der Waals surface area contributed by atoms with Crippen LogP contribution < -0.4 is 10.1 Å². The van der Waals surface area contributed by atoms with Crippen LogP contribution in [0.5, 0.6) is 5.75 Å². The summed E-state index contributed by atoms with van der Waals surface area (Å²) in [7, 11) is 0. The Labute approximate surface area is 193 Å². The highest BCUT2D eigenvalue weighted by atomic mass is 19.4. The maximum atomic E-state index is 13.4. The van der Waals surface area contributed by atoms with Gasteiger partial charge < -0.3 is 15.2 Å². The van der Waals surface area contributed by atoms with Gasteiger partial charge in [0, 0.05) is 6.07 Å². The predicted octanol–water partition coefficient (Wildman–Crippen LogP) is 5.50. The van der Waals surface area contributed by atoms with E-state index in [4.69, 9.17) is 19.6 Å². The van der Waals surface area contributed by atoms with Crippen LogP contribution in [0, 0.1) is 5.82 Å². The molecule has 3 aromatic rings. The normalized spacial score (nSPS) is 19.3. The number of hydrogen-bond donors (Lipinski definition) is 2. The van der Waals surface area contributed by atoms with Gasteiger partial charge in [0.15, 0.2) is 0 Å². The minimum absolute atomic E-state index is 0.0767. The van der Waals surface area contributed by atoms with E-state index in [0.29, 0.717) is 5.75 Å². The zero-order valence-electron chi connectivity index (χ0n) is 18.1. The van der Waals surface area contributed by atoms with E-state index < -0.39 is 12.1 Å². The highest BCUT2D eigenvalue weighted by Crippen LogP contribution is 2.41. The minimum Gasteiger partial charge on any atom is -0.486 e. The summed E-state index contributed by atoms with van der Waals surface area (Å²) < 4.78 is 50.9. The Kier molecular flexibility index (Phi) is 7.55. The average molecular weight is 474 g/mol. The molecule has 34 heavy (non-hydrogen) atoms. The topological polar surface area (TPSA) is 70.9 Å². The third kappa shape index (κ3) is 6.12. The number of aliphatic carboxylic acids is 1. The molecule has 3 aromatic carbocycles. The SMILES string of the molecule is C[C@@]1(c2ccccc2)NC(COc2cccc(F)c2)=N[C@@H]1c1ccccc1.O=C(O)C(F)(F)F. The van der Waals surface area contributed by atoms with Gasteiger partial charge in [0.25, 0.3) is 0 Å². The molecule has 2 atom stereocenters. The Hall–Kier alpha value is -3.88. The number of halogens is 4. The van der Waals surface area contributed by atoms with E-state index >= 15 is 0 Å². The molecule has 2 N–H and O–H groups in total. The fourth-order valence-electron chi connectivity index (χ4n) is 3.52. The van der Waals surface area contributed by atoms with E-state index in [2.05, 4.69) is 36.5 Å². The molecular formula is C25H22F4N2O3. The van der Waals surface area contributed by atoms with Crippen LogP contribution in [0.3, 0.4) is 0 Å². The Morgan fingerprint density at radius 1 is 1.03 bits per heavy atom. The third-order valence-electron chi connectivity index (χ3n) is 5.14. The van der Waals surface area contributed by atoms with Crippen molar-refractivity contribution < 1.29 is 32.2 Å². The number of aliphatic imine (C=N–C) groups is 1. The maximum absolute atomic E-state index is 13.4. The van der Waals surface area contributed by atoms with Crippen LogP contribution in [0.1, 0.15) is 24.1 Å². The van der Waals surface area contributed by atoms with Crippen molar-refractivity contribution in [2.24, 2.45) is 4.99 Å². The molecule has 178 valence electrons. The fraction of sp³-hybridized carbons (Fsp3) is 0.200. The minimum atomic E-state index is -5.08. The lowest BCUT2D eigenvalue weighted by Crippen LogP contribution is -2.43. The molecule has 0 fully saturated rings. The molecule has 0 aromatic heterocycles. The summed E-state index contributed by atoms with van der Waals surface area (Å²) in [5, 5.41) is 10.7. The largest absolute Gasteiger partial charge is 0.490 e. The van der Waals surface area contributed by atoms with Gasteiger partial charge in [-0.25, -0.2) is 9.18 Å². The van der Waals surface area contributed by atoms with Crippen molar-refractivity contribution in [3.8, 4) is 5.75 Å². The first-order chi connectivity index (χ1) is 16.1. The number of carboxylic acids is 1. The number of nitrogens with one attached hydrogen (secondary N) is 1. The van der Waals surface area contributed by atoms with Crippen molar-refractivity contribution in [1.29, 1.82) is 0 Å². The van der Waals surface area contributed by atoms with E-state index in [1.54, 1.807) is 12.1 Å². The quantitative estimate of drug-likeness (QED) is 0.480. The van der Waals surface area contributed by atoms with Crippen molar-refractivity contribution in [1.82, 2.24) is 5.32 Å². The molecule has 0 saturated carbocycles. The number of carboxylic acid groups (broad SMARTS) is 1. The van der Waals surface area contributed by atoms with Gasteiger partial charge in [-0.2, -0.15) is 13.2 Å². The fourth-order valence-corrected chi connectivity index (χ4v) is 3.52. The van der Waals surface area contributed by atoms with Crippen LogP contribution in [0.2, 0.25) is 0 Å². The summed E-state index contributed by atoms with van der Waals surface area (Å²) in [6.45, 7) is 2.41. The van der Waals surface area contributed by atoms with Crippen LogP contribution in [-0.2, 0) is 10.3 Å². The highest BCUT2D eigenvalue weighted by Gasteiger charge is 2.42. The summed E-state index contributed by atoms with van der Waals surface area (Å²) >= 11 is 0. The zero-order chi connectivity index (χ0) is 24.8. The predicted molar refractivity (Wildman–Crippen MR) is 119 cm³/mol. The highest BCUT2D eigenvalue weighted by molar-refractivity contribution is 5.87. The molecule has 0 unspecified atom stereocenters. The molecule has 0 bridgehead atoms. The van der Waals surface area contributed by atoms with Gasteiger partial charge >= 0.3 is 12.1 Å². The van der Waals surface area contributed by atoms with Gasteiger partial charge in [0.1, 0.15) is 30.1 Å². The number of alkyl halides is 3. The van der Waals surface area contributed by atoms with E-state index in [-0.39, 0.29) is 24.0 Å². The monoisotopic (exact) mass is 474 g/mol. The zero-order valence-corrected chi connectivity index (χ0v) is 18.1. The number of nitrogens with zero attached hydrogens (tertiary/aromatic N) is 1. The molecule has 9 heteroatoms. The first-order valence-corrected chi connectivity index (χ1v) is 10.2. The first-order valence-electron chi connectivity index (χ1n) is 10.2. The van der Waals surface area contributed by atoms with Crippen molar-refractivity contribution in [3.05, 3.63) is 102 Å². The molecule has 0 aliphatic carbocycles. The van der Waals surface area contributed by atoms with Crippen molar-refractivity contribution in [2.45, 2.75) is 24.7 Å². The molecule has 4 rings (SSSR count). The Bertz CT molecular complexity index is 1140. The van der Waals surface area contributed by atoms with E-state index in [9.17, 15) is 17.6 Å². The molecule has 0 spiro atoms. The summed E-state index contributed by atoms with van der Waals surface area (Å²) in [6, 6.07) is 26.6. The van der Waals surface area contributed by atoms with Crippen LogP contribution >= 0.6 is 0 Å². The second kappa shape index (κ2) is 10.4. The molecule has 5 nitrogen and oxygen atoms in total. The smallest absolute Gasteiger partial charge is 0.486 e. The Morgan fingerprint density at radius 3 is 2.18 bits per heavy atom. The second-order valence-corrected chi connectivity index (χ2v) is 7.63. The average Bonchev–Trinajstić information content (AvgIpc) is 3.16. The number of carbonyl (C=O) groups is 1. The summed E-state index contributed by atoms with van der Waals surface area (Å²) in [5.41, 5.74) is 1.91. The first kappa shape index (κ1) is 24.8. The molecule has 0 saturated heterocycles. The second-order valence-electron chi connectivity index (χ2n) is 7.63. The lowest BCUT2D eigenvalue weighted by Gasteiger charge is -2.32. The van der Waals surface area contributed by atoms with Crippen LogP contribution in [0.4, 0.5) is 17.6 Å². The molecular weight excluding hydrogens is 452 g/mol. The summed E-state index contributed by atoms with van der Waals surface area (Å²) in [4.78, 5) is 13.8. The van der Waals surface area contributed by atoms with Gasteiger partial charge in [-0.1, -0.05) is 66.7 Å². The van der Waals surface area contributed by atoms with Gasteiger partial charge in [-0.15, -0.1) is 0 Å². The summed E-state index contributed by atoms with van der Waals surface area (Å²) in [6.07, 6.45) is -5.08. The Balaban J connectivity index is 0.000000406. The molecule has 0 radical (unpaired) electrons. The van der Waals surface area contributed by atoms with Crippen LogP contribution in [-0.4, -0.2) is 29.7 Å². The third-order valence-corrected chi connectivity index (χ3v) is 5.14. The number of benzene rings is 3. The van der Waals surface area contributed by atoms with Crippen molar-refractivity contribution in [2.75, 3.05) is 6.61 Å². The number of hydrogen-bond acceptors (Lipinski definition) is 4. The number of ether oxygens (including phenoxy) is 1. The molecule has 1 heterocycles. The number of rotatable bonds is 5. The summed E-state index contributed by atoms with van der Waals surface area (Å²) in [5.74, 6) is -1.83. The van der Waals surface area contributed by atoms with Crippen LogP contribution in [0.25, 0.3) is 0 Å². The maximum Gasteiger partial charge on any atom is 0.490 e. The van der Waals surface area contributed by atoms with Gasteiger partial charge in [0.05, 0.1) is 5.54 Å². The number of amidine groups is 1. The standard InChI is InChI=1S/C23H21FN2O.C2HF3O2/c1-23(18-11-6-3-7-12-18)22(17-9-4-2-5-10-17)25-21(26-23)16-27-20-14-8-13-19(24)15-20;3-2(4,5)1(6)7/h2-15,22H,16H2,1H3,(H,25,26);(H,6,7)/t22-,23+;/m1./s1. The Morgan fingerprint density at radius 2 is 1.62 bits per heavy atom. The van der Waals surface area contributed by atoms with E-state index in [0.717, 1.165) is 17.0 Å². The van der Waals surface area contributed by atoms with E-state index in [1.807, 2.05) is 36.4 Å². The molecule has 1 aliphatic rings. The lowest BCUT2D eigenvalue weighted by molar-refractivity contribution is -0.192. The van der Waals surface area contributed by atoms with Crippen molar-refractivity contribution in [3.63, 3.8) is 0 Å². The van der Waals surface area contributed by atoms with Gasteiger partial charge in [-0.05, 0) is 30.2 Å². The molecule has 1 aliphatic heterocycles. The van der Waals surface area contributed by atoms with Gasteiger partial charge in [-0.3, -0.25) is 4.99 Å². The molecule has 0 amide bonds. The van der Waals surface area contributed by atoms with Gasteiger partial charge in [0.2, 0.25) is 0 Å². The van der Waals surface area contributed by atoms with E-state index in [1.165, 1.54) is 12.1 Å².